The third-order valence-electron chi connectivity index (χ3n) is 5.16. The number of rotatable bonds is 6. The van der Waals surface area contributed by atoms with Crippen LogP contribution < -0.4 is 0 Å². The normalized spacial score (nSPS) is 19.0. The molecular weight excluding hydrogens is 370 g/mol. The fourth-order valence-corrected chi connectivity index (χ4v) is 3.63. The number of ketones is 3. The minimum atomic E-state index is -1.29. The highest BCUT2D eigenvalue weighted by Gasteiger charge is 2.38. The minimum absolute atomic E-state index is 0.105. The number of fused-ring (bicyclic) bond motifs is 3. The van der Waals surface area contributed by atoms with Gasteiger partial charge in [-0.1, -0.05) is 0 Å². The van der Waals surface area contributed by atoms with E-state index < -0.39 is 38.7 Å². The topological polar surface area (TPSA) is 141 Å². The van der Waals surface area contributed by atoms with E-state index in [1.807, 2.05) is 4.90 Å². The molecule has 0 radical (unpaired) electrons. The van der Waals surface area contributed by atoms with Crippen LogP contribution in [0.15, 0.2) is 30.0 Å². The van der Waals surface area contributed by atoms with E-state index in [0.29, 0.717) is 18.8 Å². The summed E-state index contributed by atoms with van der Waals surface area (Å²) in [5.74, 6) is -2.77. The molecule has 0 aromatic heterocycles. The lowest BCUT2D eigenvalue weighted by molar-refractivity contribution is -0.422. The third-order valence-corrected chi connectivity index (χ3v) is 5.16. The number of benzene rings is 1. The molecule has 1 aromatic rings. The summed E-state index contributed by atoms with van der Waals surface area (Å²) in [7, 11) is 0. The maximum absolute atomic E-state index is 12.8. The zero-order valence-electron chi connectivity index (χ0n) is 15.0. The second-order valence-electron chi connectivity index (χ2n) is 6.85. The van der Waals surface area contributed by atoms with E-state index in [1.165, 1.54) is 13.0 Å². The van der Waals surface area contributed by atoms with Crippen molar-refractivity contribution in [3.05, 3.63) is 55.8 Å². The number of hydrogen-bond donors (Lipinski definition) is 0. The first-order chi connectivity index (χ1) is 13.2. The van der Waals surface area contributed by atoms with Crippen molar-refractivity contribution < 1.29 is 24.2 Å². The van der Waals surface area contributed by atoms with Crippen molar-refractivity contribution in [1.29, 1.82) is 0 Å². The highest BCUT2D eigenvalue weighted by atomic mass is 16.6. The van der Waals surface area contributed by atoms with E-state index in [0.717, 1.165) is 31.0 Å². The van der Waals surface area contributed by atoms with Gasteiger partial charge in [0.25, 0.3) is 0 Å². The van der Waals surface area contributed by atoms with E-state index in [1.54, 1.807) is 0 Å². The van der Waals surface area contributed by atoms with Crippen LogP contribution >= 0.6 is 0 Å². The van der Waals surface area contributed by atoms with Crippen LogP contribution in [0.3, 0.4) is 0 Å². The van der Waals surface area contributed by atoms with Gasteiger partial charge in [-0.15, -0.1) is 0 Å². The lowest BCUT2D eigenvalue weighted by atomic mass is 9.82. The number of nitro benzene ring substituents is 2. The molecule has 0 amide bonds. The van der Waals surface area contributed by atoms with Crippen LogP contribution in [0, 0.1) is 32.1 Å². The lowest BCUT2D eigenvalue weighted by Gasteiger charge is -2.41. The molecule has 4 rings (SSSR count). The molecule has 0 aliphatic carbocycles. The van der Waals surface area contributed by atoms with Gasteiger partial charge in [0.05, 0.1) is 15.5 Å². The van der Waals surface area contributed by atoms with Crippen LogP contribution in [0.5, 0.6) is 0 Å². The lowest BCUT2D eigenvalue weighted by Crippen LogP contribution is -2.46. The van der Waals surface area contributed by atoms with Crippen LogP contribution in [0.2, 0.25) is 0 Å². The summed E-state index contributed by atoms with van der Waals surface area (Å²) in [6.07, 6.45) is 2.80. The standard InChI is InChI=1S/C18H17N3O7/c1-10(22)13(9-16-18(24)11-4-6-19(16)7-5-11)17(23)12-2-3-14(20(25)26)15(8-12)21(27)28/h2-3,8-9,11,13H,4-7H2,1H3/b16-9-. The molecular formula is C18H17N3O7. The van der Waals surface area contributed by atoms with Crippen molar-refractivity contribution >= 4 is 28.7 Å². The molecule has 0 N–H and O–H groups in total. The van der Waals surface area contributed by atoms with E-state index in [2.05, 4.69) is 0 Å². The molecule has 3 aliphatic heterocycles. The van der Waals surface area contributed by atoms with Gasteiger partial charge < -0.3 is 4.90 Å². The highest BCUT2D eigenvalue weighted by Crippen LogP contribution is 2.33. The average molecular weight is 387 g/mol. The number of allylic oxidation sites excluding steroid dienone is 2. The Bertz CT molecular complexity index is 929. The van der Waals surface area contributed by atoms with Crippen LogP contribution in [0.25, 0.3) is 0 Å². The van der Waals surface area contributed by atoms with Crippen LogP contribution in [0.4, 0.5) is 11.4 Å². The third kappa shape index (κ3) is 3.40. The molecule has 10 heteroatoms. The minimum Gasteiger partial charge on any atom is -0.369 e. The average Bonchev–Trinajstić information content (AvgIpc) is 2.66. The molecule has 0 saturated carbocycles. The van der Waals surface area contributed by atoms with Gasteiger partial charge in [0, 0.05) is 36.7 Å². The summed E-state index contributed by atoms with van der Waals surface area (Å²) >= 11 is 0. The molecule has 10 nitrogen and oxygen atoms in total. The van der Waals surface area contributed by atoms with Crippen molar-refractivity contribution in [3.63, 3.8) is 0 Å². The molecule has 2 bridgehead atoms. The zero-order valence-corrected chi connectivity index (χ0v) is 15.0. The Balaban J connectivity index is 1.99. The number of nitro groups is 2. The summed E-state index contributed by atoms with van der Waals surface area (Å²) < 4.78 is 0. The van der Waals surface area contributed by atoms with Crippen LogP contribution in [0.1, 0.15) is 30.1 Å². The fourth-order valence-electron chi connectivity index (χ4n) is 3.63. The number of carbonyl (C=O) groups is 3. The van der Waals surface area contributed by atoms with Gasteiger partial charge in [0.2, 0.25) is 0 Å². The predicted molar refractivity (Wildman–Crippen MR) is 95.6 cm³/mol. The van der Waals surface area contributed by atoms with E-state index >= 15 is 0 Å². The molecule has 3 aliphatic rings. The first-order valence-corrected chi connectivity index (χ1v) is 8.69. The van der Waals surface area contributed by atoms with Crippen molar-refractivity contribution in [2.45, 2.75) is 19.8 Å². The second kappa shape index (κ2) is 7.29. The number of carbonyl (C=O) groups excluding carboxylic acids is 3. The first kappa shape index (κ1) is 19.3. The Morgan fingerprint density at radius 2 is 1.75 bits per heavy atom. The molecule has 0 spiro atoms. The predicted octanol–water partition coefficient (Wildman–Crippen LogP) is 2.07. The van der Waals surface area contributed by atoms with Crippen LogP contribution in [-0.2, 0) is 9.59 Å². The van der Waals surface area contributed by atoms with Gasteiger partial charge in [-0.25, -0.2) is 0 Å². The largest absolute Gasteiger partial charge is 0.369 e. The van der Waals surface area contributed by atoms with Crippen molar-refractivity contribution in [2.24, 2.45) is 11.8 Å². The number of hydrogen-bond acceptors (Lipinski definition) is 8. The summed E-state index contributed by atoms with van der Waals surface area (Å²) in [4.78, 5) is 59.4. The Labute approximate surface area is 159 Å². The van der Waals surface area contributed by atoms with Gasteiger partial charge in [-0.05, 0) is 31.9 Å². The summed E-state index contributed by atoms with van der Waals surface area (Å²) in [5, 5.41) is 22.0. The molecule has 3 saturated heterocycles. The molecule has 1 aromatic carbocycles. The molecule has 1 unspecified atom stereocenters. The molecule has 1 atom stereocenters. The highest BCUT2D eigenvalue weighted by molar-refractivity contribution is 6.13. The van der Waals surface area contributed by atoms with Crippen LogP contribution in [-0.4, -0.2) is 45.2 Å². The monoisotopic (exact) mass is 387 g/mol. The van der Waals surface area contributed by atoms with Gasteiger partial charge in [0.15, 0.2) is 11.6 Å². The Hall–Kier alpha value is -3.43. The Kier molecular flexibility index (Phi) is 5.04. The first-order valence-electron chi connectivity index (χ1n) is 8.69. The molecule has 3 heterocycles. The van der Waals surface area contributed by atoms with E-state index in [9.17, 15) is 34.6 Å². The SMILES string of the molecule is CC(=O)C(/C=C1/C(=O)C2CCN1CC2)C(=O)c1ccc([N+](=O)[O-])c([N+](=O)[O-])c1. The van der Waals surface area contributed by atoms with Crippen molar-refractivity contribution in [2.75, 3.05) is 13.1 Å². The summed E-state index contributed by atoms with van der Waals surface area (Å²) in [5.41, 5.74) is -1.45. The van der Waals surface area contributed by atoms with Gasteiger partial charge in [0.1, 0.15) is 11.7 Å². The molecule has 3 fully saturated rings. The van der Waals surface area contributed by atoms with Crippen molar-refractivity contribution in [1.82, 2.24) is 4.90 Å². The van der Waals surface area contributed by atoms with Gasteiger partial charge >= 0.3 is 11.4 Å². The molecule has 28 heavy (non-hydrogen) atoms. The quantitative estimate of drug-likeness (QED) is 0.237. The fraction of sp³-hybridized carbons (Fsp3) is 0.389. The summed E-state index contributed by atoms with van der Waals surface area (Å²) in [6, 6.07) is 2.74. The maximum atomic E-state index is 12.8. The Morgan fingerprint density at radius 1 is 1.14 bits per heavy atom. The smallest absolute Gasteiger partial charge is 0.346 e. The van der Waals surface area contributed by atoms with Gasteiger partial charge in [-0.3, -0.25) is 34.6 Å². The zero-order chi connectivity index (χ0) is 20.6. The van der Waals surface area contributed by atoms with E-state index in [4.69, 9.17) is 0 Å². The van der Waals surface area contributed by atoms with Gasteiger partial charge in [-0.2, -0.15) is 0 Å². The molecule has 146 valence electrons. The summed E-state index contributed by atoms with van der Waals surface area (Å²) in [6.45, 7) is 2.54. The second-order valence-corrected chi connectivity index (χ2v) is 6.85. The van der Waals surface area contributed by atoms with E-state index in [-0.39, 0.29) is 17.3 Å². The number of Topliss-reactive ketones (excluding diaryl/α,β-unsaturated/α-hetero) is 3. The van der Waals surface area contributed by atoms with Crippen molar-refractivity contribution in [3.8, 4) is 0 Å². The maximum Gasteiger partial charge on any atom is 0.346 e. The number of piperidine rings is 3. The number of nitrogens with zero attached hydrogens (tertiary/aromatic N) is 3. The Morgan fingerprint density at radius 3 is 2.25 bits per heavy atom.